The fourth-order valence-corrected chi connectivity index (χ4v) is 2.24. The van der Waals surface area contributed by atoms with Crippen molar-refractivity contribution in [3.05, 3.63) is 30.1 Å². The summed E-state index contributed by atoms with van der Waals surface area (Å²) in [7, 11) is 3.79. The summed E-state index contributed by atoms with van der Waals surface area (Å²) in [6.45, 7) is 1.60. The van der Waals surface area contributed by atoms with E-state index in [9.17, 15) is 9.18 Å². The quantitative estimate of drug-likeness (QED) is 0.858. The van der Waals surface area contributed by atoms with Crippen molar-refractivity contribution >= 4 is 11.6 Å². The number of amides is 1. The van der Waals surface area contributed by atoms with E-state index in [1.807, 2.05) is 19.0 Å². The molecule has 1 fully saturated rings. The van der Waals surface area contributed by atoms with E-state index in [1.165, 1.54) is 11.0 Å². The molecule has 1 aliphatic heterocycles. The van der Waals surface area contributed by atoms with Gasteiger partial charge >= 0.3 is 0 Å². The van der Waals surface area contributed by atoms with Gasteiger partial charge in [-0.15, -0.1) is 0 Å². The van der Waals surface area contributed by atoms with Crippen LogP contribution in [-0.2, 0) is 4.79 Å². The highest BCUT2D eigenvalue weighted by molar-refractivity contribution is 5.95. The van der Waals surface area contributed by atoms with Gasteiger partial charge in [0.05, 0.1) is 12.2 Å². The molecule has 1 aliphatic rings. The molecule has 0 spiro atoms. The number of carbonyl (C=O) groups excluding carboxylic acids is 1. The topological polar surface area (TPSA) is 35.6 Å². The monoisotopic (exact) mass is 251 g/mol. The van der Waals surface area contributed by atoms with Crippen LogP contribution >= 0.6 is 0 Å². The first kappa shape index (κ1) is 13.0. The maximum Gasteiger partial charge on any atom is 0.241 e. The molecule has 1 aromatic rings. The van der Waals surface area contributed by atoms with E-state index in [1.54, 1.807) is 18.2 Å². The van der Waals surface area contributed by atoms with Crippen molar-refractivity contribution in [2.24, 2.45) is 0 Å². The van der Waals surface area contributed by atoms with Gasteiger partial charge in [-0.3, -0.25) is 9.69 Å². The predicted octanol–water partition coefficient (Wildman–Crippen LogP) is 0.692. The van der Waals surface area contributed by atoms with Crippen LogP contribution in [0.5, 0.6) is 0 Å². The van der Waals surface area contributed by atoms with Crippen molar-refractivity contribution in [3.8, 4) is 0 Å². The van der Waals surface area contributed by atoms with Crippen LogP contribution in [0, 0.1) is 5.82 Å². The average Bonchev–Trinajstić information content (AvgIpc) is 2.34. The summed E-state index contributed by atoms with van der Waals surface area (Å²) in [4.78, 5) is 15.5. The molecule has 18 heavy (non-hydrogen) atoms. The lowest BCUT2D eigenvalue weighted by Crippen LogP contribution is -2.57. The maximum absolute atomic E-state index is 13.7. The van der Waals surface area contributed by atoms with E-state index in [-0.39, 0.29) is 17.8 Å². The molecular weight excluding hydrogens is 233 g/mol. The normalized spacial score (nSPS) is 21.4. The van der Waals surface area contributed by atoms with Gasteiger partial charge in [0.2, 0.25) is 5.91 Å². The van der Waals surface area contributed by atoms with Crippen LogP contribution in [0.3, 0.4) is 0 Å². The van der Waals surface area contributed by atoms with Gasteiger partial charge in [-0.2, -0.15) is 0 Å². The van der Waals surface area contributed by atoms with Crippen LogP contribution in [0.2, 0.25) is 0 Å². The molecule has 0 aliphatic carbocycles. The molecule has 0 aromatic heterocycles. The molecular formula is C13H18FN3O. The molecule has 2 rings (SSSR count). The molecule has 1 saturated heterocycles. The largest absolute Gasteiger partial charge is 0.318 e. The van der Waals surface area contributed by atoms with Crippen LogP contribution in [0.1, 0.15) is 0 Å². The highest BCUT2D eigenvalue weighted by Crippen LogP contribution is 2.22. The Kier molecular flexibility index (Phi) is 3.93. The second-order valence-corrected chi connectivity index (χ2v) is 4.58. The third kappa shape index (κ3) is 2.52. The lowest BCUT2D eigenvalue weighted by atomic mass is 10.1. The summed E-state index contributed by atoms with van der Waals surface area (Å²) in [5.74, 6) is -0.409. The summed E-state index contributed by atoms with van der Waals surface area (Å²) in [6, 6.07) is 6.61. The molecule has 1 unspecified atom stereocenters. The summed E-state index contributed by atoms with van der Waals surface area (Å²) in [5, 5.41) is 3.10. The van der Waals surface area contributed by atoms with E-state index in [4.69, 9.17) is 0 Å². The molecule has 1 heterocycles. The summed E-state index contributed by atoms with van der Waals surface area (Å²) >= 11 is 0. The van der Waals surface area contributed by atoms with Gasteiger partial charge in [0.15, 0.2) is 0 Å². The number of nitrogens with one attached hydrogen (secondary N) is 1. The lowest BCUT2D eigenvalue weighted by molar-refractivity contribution is -0.121. The molecule has 0 radical (unpaired) electrons. The van der Waals surface area contributed by atoms with E-state index >= 15 is 0 Å². The van der Waals surface area contributed by atoms with Crippen molar-refractivity contribution in [3.63, 3.8) is 0 Å². The number of halogens is 1. The van der Waals surface area contributed by atoms with E-state index in [0.717, 1.165) is 6.54 Å². The van der Waals surface area contributed by atoms with Crippen molar-refractivity contribution in [1.29, 1.82) is 0 Å². The zero-order valence-electron chi connectivity index (χ0n) is 10.7. The SMILES string of the molecule is CNCC1CN(c2ccccc2F)C(=O)CN1C. The minimum Gasteiger partial charge on any atom is -0.318 e. The Bertz CT molecular complexity index is 438. The number of piperazine rings is 1. The first-order valence-corrected chi connectivity index (χ1v) is 6.03. The molecule has 1 atom stereocenters. The summed E-state index contributed by atoms with van der Waals surface area (Å²) < 4.78 is 13.7. The minimum atomic E-state index is -0.349. The van der Waals surface area contributed by atoms with Gasteiger partial charge < -0.3 is 10.2 Å². The van der Waals surface area contributed by atoms with Crippen LogP contribution < -0.4 is 10.2 Å². The number of rotatable bonds is 3. The van der Waals surface area contributed by atoms with Crippen LogP contribution in [-0.4, -0.2) is 50.6 Å². The van der Waals surface area contributed by atoms with Crippen LogP contribution in [0.15, 0.2) is 24.3 Å². The Hall–Kier alpha value is -1.46. The number of anilines is 1. The van der Waals surface area contributed by atoms with Crippen molar-refractivity contribution < 1.29 is 9.18 Å². The average molecular weight is 251 g/mol. The Morgan fingerprint density at radius 2 is 2.17 bits per heavy atom. The molecule has 1 N–H and O–H groups in total. The minimum absolute atomic E-state index is 0.0602. The Morgan fingerprint density at radius 3 is 2.83 bits per heavy atom. The summed E-state index contributed by atoms with van der Waals surface area (Å²) in [5.41, 5.74) is 0.372. The van der Waals surface area contributed by atoms with E-state index < -0.39 is 0 Å². The Morgan fingerprint density at radius 1 is 1.44 bits per heavy atom. The van der Waals surface area contributed by atoms with Gasteiger partial charge in [0, 0.05) is 19.1 Å². The smallest absolute Gasteiger partial charge is 0.241 e. The molecule has 98 valence electrons. The molecule has 1 aromatic carbocycles. The van der Waals surface area contributed by atoms with Gasteiger partial charge in [0.1, 0.15) is 5.82 Å². The number of likely N-dealkylation sites (N-methyl/N-ethyl adjacent to an activating group) is 2. The Balaban J connectivity index is 2.22. The zero-order valence-corrected chi connectivity index (χ0v) is 10.7. The first-order chi connectivity index (χ1) is 8.63. The maximum atomic E-state index is 13.7. The van der Waals surface area contributed by atoms with E-state index in [0.29, 0.717) is 18.8 Å². The Labute approximate surface area is 106 Å². The number of carbonyl (C=O) groups is 1. The molecule has 0 bridgehead atoms. The third-order valence-corrected chi connectivity index (χ3v) is 3.29. The first-order valence-electron chi connectivity index (χ1n) is 6.03. The number of benzene rings is 1. The van der Waals surface area contributed by atoms with Crippen molar-refractivity contribution in [2.45, 2.75) is 6.04 Å². The molecule has 0 saturated carbocycles. The standard InChI is InChI=1S/C13H18FN3O/c1-15-7-10-8-17(13(18)9-16(10)2)12-6-4-3-5-11(12)14/h3-6,10,15H,7-9H2,1-2H3. The fraction of sp³-hybridized carbons (Fsp3) is 0.462. The predicted molar refractivity (Wildman–Crippen MR) is 69.1 cm³/mol. The highest BCUT2D eigenvalue weighted by atomic mass is 19.1. The van der Waals surface area contributed by atoms with Crippen LogP contribution in [0.25, 0.3) is 0 Å². The van der Waals surface area contributed by atoms with Crippen molar-refractivity contribution in [1.82, 2.24) is 10.2 Å². The zero-order chi connectivity index (χ0) is 13.1. The fourth-order valence-electron chi connectivity index (χ4n) is 2.24. The van der Waals surface area contributed by atoms with E-state index in [2.05, 4.69) is 5.32 Å². The number of nitrogens with zero attached hydrogens (tertiary/aromatic N) is 2. The van der Waals surface area contributed by atoms with Gasteiger partial charge in [-0.05, 0) is 26.2 Å². The number of hydrogen-bond acceptors (Lipinski definition) is 3. The van der Waals surface area contributed by atoms with Gasteiger partial charge in [-0.1, -0.05) is 12.1 Å². The van der Waals surface area contributed by atoms with Crippen LogP contribution in [0.4, 0.5) is 10.1 Å². The summed E-state index contributed by atoms with van der Waals surface area (Å²) in [6.07, 6.45) is 0. The second kappa shape index (κ2) is 5.46. The molecule has 5 heteroatoms. The van der Waals surface area contributed by atoms with Gasteiger partial charge in [0.25, 0.3) is 0 Å². The van der Waals surface area contributed by atoms with Crippen molar-refractivity contribution in [2.75, 3.05) is 38.6 Å². The molecule has 1 amide bonds. The lowest BCUT2D eigenvalue weighted by Gasteiger charge is -2.39. The third-order valence-electron chi connectivity index (χ3n) is 3.29. The number of hydrogen-bond donors (Lipinski definition) is 1. The highest BCUT2D eigenvalue weighted by Gasteiger charge is 2.31. The van der Waals surface area contributed by atoms with Gasteiger partial charge in [-0.25, -0.2) is 4.39 Å². The molecule has 4 nitrogen and oxygen atoms in total. The number of para-hydroxylation sites is 1. The second-order valence-electron chi connectivity index (χ2n) is 4.58.